The van der Waals surface area contributed by atoms with Crippen molar-refractivity contribution in [1.82, 2.24) is 9.88 Å². The lowest BCUT2D eigenvalue weighted by Gasteiger charge is -2.10. The zero-order valence-corrected chi connectivity index (χ0v) is 15.1. The van der Waals surface area contributed by atoms with Crippen LogP contribution in [0.15, 0.2) is 30.3 Å². The van der Waals surface area contributed by atoms with Crippen molar-refractivity contribution >= 4 is 27.5 Å². The van der Waals surface area contributed by atoms with Gasteiger partial charge in [-0.2, -0.15) is 0 Å². The number of hydrogen-bond acceptors (Lipinski definition) is 4. The van der Waals surface area contributed by atoms with Crippen LogP contribution in [0.25, 0.3) is 10.2 Å². The zero-order valence-electron chi connectivity index (χ0n) is 14.3. The first-order chi connectivity index (χ1) is 12.2. The Hall–Kier alpha value is -2.47. The molecular weight excluding hydrogens is 336 g/mol. The van der Waals surface area contributed by atoms with E-state index in [0.717, 1.165) is 41.2 Å². The highest BCUT2D eigenvalue weighted by Gasteiger charge is 2.18. The molecule has 4 rings (SSSR count). The predicted octanol–water partition coefficient (Wildman–Crippen LogP) is 4.08. The number of carbonyl (C=O) groups excluding carboxylic acids is 1. The van der Waals surface area contributed by atoms with Crippen LogP contribution in [-0.4, -0.2) is 17.3 Å². The van der Waals surface area contributed by atoms with Crippen LogP contribution in [0.1, 0.15) is 34.3 Å². The average Bonchev–Trinajstić information content (AvgIpc) is 3.28. The Bertz CT molecular complexity index is 942. The third kappa shape index (κ3) is 2.98. The van der Waals surface area contributed by atoms with Crippen LogP contribution in [0.2, 0.25) is 0 Å². The van der Waals surface area contributed by atoms with E-state index in [1.807, 2.05) is 24.3 Å². The molecule has 3 heterocycles. The fraction of sp³-hybridized carbons (Fsp3) is 0.316. The second kappa shape index (κ2) is 6.44. The molecule has 0 spiro atoms. The van der Waals surface area contributed by atoms with Crippen LogP contribution in [-0.2, 0) is 13.1 Å². The molecule has 0 fully saturated rings. The molecule has 130 valence electrons. The van der Waals surface area contributed by atoms with Gasteiger partial charge in [-0.05, 0) is 43.2 Å². The first-order valence-corrected chi connectivity index (χ1v) is 9.23. The van der Waals surface area contributed by atoms with Crippen molar-refractivity contribution in [3.05, 3.63) is 46.5 Å². The Balaban J connectivity index is 1.53. The van der Waals surface area contributed by atoms with E-state index in [1.165, 1.54) is 9.58 Å². The molecule has 2 aromatic heterocycles. The lowest BCUT2D eigenvalue weighted by Crippen LogP contribution is -2.25. The van der Waals surface area contributed by atoms with Crippen LogP contribution in [0.3, 0.4) is 0 Å². The second-order valence-corrected chi connectivity index (χ2v) is 7.45. The van der Waals surface area contributed by atoms with Gasteiger partial charge in [0.25, 0.3) is 5.91 Å². The highest BCUT2D eigenvalue weighted by molar-refractivity contribution is 7.19. The first-order valence-electron chi connectivity index (χ1n) is 8.42. The molecule has 0 saturated carbocycles. The molecule has 1 N–H and O–H groups in total. The SMILES string of the molecule is CCCn1c(C(=O)NCc2ccc3c(c2)OCO3)cc2sc(C)cc21. The van der Waals surface area contributed by atoms with E-state index in [1.54, 1.807) is 11.3 Å². The fourth-order valence-corrected chi connectivity index (χ4v) is 4.10. The summed E-state index contributed by atoms with van der Waals surface area (Å²) < 4.78 is 14.0. The van der Waals surface area contributed by atoms with E-state index >= 15 is 0 Å². The number of hydrogen-bond donors (Lipinski definition) is 1. The quantitative estimate of drug-likeness (QED) is 0.749. The second-order valence-electron chi connectivity index (χ2n) is 6.16. The summed E-state index contributed by atoms with van der Waals surface area (Å²) in [4.78, 5) is 14.0. The molecule has 0 radical (unpaired) electrons. The molecule has 1 amide bonds. The van der Waals surface area contributed by atoms with Gasteiger partial charge in [0.05, 0.1) is 10.2 Å². The highest BCUT2D eigenvalue weighted by atomic mass is 32.1. The Morgan fingerprint density at radius 1 is 1.24 bits per heavy atom. The van der Waals surface area contributed by atoms with Crippen LogP contribution in [0.5, 0.6) is 11.5 Å². The topological polar surface area (TPSA) is 52.5 Å². The number of ether oxygens (including phenoxy) is 2. The number of thiophene rings is 1. The van der Waals surface area contributed by atoms with E-state index < -0.39 is 0 Å². The highest BCUT2D eigenvalue weighted by Crippen LogP contribution is 2.32. The summed E-state index contributed by atoms with van der Waals surface area (Å²) in [6, 6.07) is 9.89. The van der Waals surface area contributed by atoms with Gasteiger partial charge in [0.2, 0.25) is 6.79 Å². The largest absolute Gasteiger partial charge is 0.454 e. The van der Waals surface area contributed by atoms with Crippen LogP contribution >= 0.6 is 11.3 Å². The monoisotopic (exact) mass is 356 g/mol. The van der Waals surface area contributed by atoms with Gasteiger partial charge < -0.3 is 19.4 Å². The minimum atomic E-state index is -0.0489. The van der Waals surface area contributed by atoms with Gasteiger partial charge in [0.15, 0.2) is 11.5 Å². The number of nitrogens with zero attached hydrogens (tertiary/aromatic N) is 1. The molecule has 0 unspecified atom stereocenters. The summed E-state index contributed by atoms with van der Waals surface area (Å²) in [5, 5.41) is 3.02. The summed E-state index contributed by atoms with van der Waals surface area (Å²) >= 11 is 1.73. The number of benzene rings is 1. The molecule has 6 heteroatoms. The van der Waals surface area contributed by atoms with Gasteiger partial charge in [0.1, 0.15) is 5.69 Å². The van der Waals surface area contributed by atoms with Crippen LogP contribution in [0, 0.1) is 6.92 Å². The molecule has 3 aromatic rings. The van der Waals surface area contributed by atoms with E-state index in [2.05, 4.69) is 29.8 Å². The van der Waals surface area contributed by atoms with Gasteiger partial charge in [-0.3, -0.25) is 4.79 Å². The van der Waals surface area contributed by atoms with Crippen molar-refractivity contribution in [2.24, 2.45) is 0 Å². The Morgan fingerprint density at radius 3 is 2.92 bits per heavy atom. The number of carbonyl (C=O) groups is 1. The third-order valence-corrected chi connectivity index (χ3v) is 5.27. The van der Waals surface area contributed by atoms with Gasteiger partial charge >= 0.3 is 0 Å². The molecule has 25 heavy (non-hydrogen) atoms. The smallest absolute Gasteiger partial charge is 0.268 e. The minimum absolute atomic E-state index is 0.0489. The van der Waals surface area contributed by atoms with Crippen molar-refractivity contribution in [2.75, 3.05) is 6.79 Å². The standard InChI is InChI=1S/C19H20N2O3S/c1-3-6-21-14-7-12(2)25-18(14)9-15(21)19(22)20-10-13-4-5-16-17(8-13)24-11-23-16/h4-5,7-9H,3,6,10-11H2,1-2H3,(H,20,22). The summed E-state index contributed by atoms with van der Waals surface area (Å²) in [6.45, 7) is 5.78. The first kappa shape index (κ1) is 16.0. The average molecular weight is 356 g/mol. The van der Waals surface area contributed by atoms with E-state index in [0.29, 0.717) is 6.54 Å². The third-order valence-electron chi connectivity index (χ3n) is 4.28. The van der Waals surface area contributed by atoms with Gasteiger partial charge in [-0.25, -0.2) is 0 Å². The predicted molar refractivity (Wildman–Crippen MR) is 98.6 cm³/mol. The number of rotatable bonds is 5. The number of fused-ring (bicyclic) bond motifs is 2. The van der Waals surface area contributed by atoms with Crippen molar-refractivity contribution in [3.63, 3.8) is 0 Å². The van der Waals surface area contributed by atoms with Crippen LogP contribution < -0.4 is 14.8 Å². The van der Waals surface area contributed by atoms with Gasteiger partial charge in [0, 0.05) is 18.0 Å². The molecule has 1 aliphatic heterocycles. The molecular formula is C19H20N2O3S. The number of nitrogens with one attached hydrogen (secondary N) is 1. The van der Waals surface area contributed by atoms with E-state index in [-0.39, 0.29) is 12.7 Å². The molecule has 0 bridgehead atoms. The van der Waals surface area contributed by atoms with Crippen molar-refractivity contribution in [2.45, 2.75) is 33.4 Å². The zero-order chi connectivity index (χ0) is 17.4. The number of aryl methyl sites for hydroxylation is 2. The van der Waals surface area contributed by atoms with Crippen molar-refractivity contribution < 1.29 is 14.3 Å². The molecule has 5 nitrogen and oxygen atoms in total. The number of amides is 1. The maximum atomic E-state index is 12.7. The minimum Gasteiger partial charge on any atom is -0.454 e. The maximum Gasteiger partial charge on any atom is 0.268 e. The van der Waals surface area contributed by atoms with Gasteiger partial charge in [-0.1, -0.05) is 13.0 Å². The lowest BCUT2D eigenvalue weighted by molar-refractivity contribution is 0.0942. The molecule has 0 atom stereocenters. The van der Waals surface area contributed by atoms with Crippen molar-refractivity contribution in [1.29, 1.82) is 0 Å². The molecule has 1 aliphatic rings. The van der Waals surface area contributed by atoms with Crippen molar-refractivity contribution in [3.8, 4) is 11.5 Å². The summed E-state index contributed by atoms with van der Waals surface area (Å²) in [7, 11) is 0. The van der Waals surface area contributed by atoms with E-state index in [4.69, 9.17) is 9.47 Å². The maximum absolute atomic E-state index is 12.7. The van der Waals surface area contributed by atoms with Crippen LogP contribution in [0.4, 0.5) is 0 Å². The molecule has 0 aliphatic carbocycles. The summed E-state index contributed by atoms with van der Waals surface area (Å²) in [5.74, 6) is 1.44. The molecule has 1 aromatic carbocycles. The summed E-state index contributed by atoms with van der Waals surface area (Å²) in [6.07, 6.45) is 0.987. The van der Waals surface area contributed by atoms with Gasteiger partial charge in [-0.15, -0.1) is 11.3 Å². The Morgan fingerprint density at radius 2 is 2.08 bits per heavy atom. The Labute approximate surface area is 150 Å². The summed E-state index contributed by atoms with van der Waals surface area (Å²) in [5.41, 5.74) is 2.87. The lowest BCUT2D eigenvalue weighted by atomic mass is 10.2. The fourth-order valence-electron chi connectivity index (χ4n) is 3.14. The Kier molecular flexibility index (Phi) is 4.13. The van der Waals surface area contributed by atoms with E-state index in [9.17, 15) is 4.79 Å². The number of aromatic nitrogens is 1. The molecule has 0 saturated heterocycles. The normalized spacial score (nSPS) is 12.7.